The third-order valence-electron chi connectivity index (χ3n) is 6.02. The van der Waals surface area contributed by atoms with E-state index in [1.54, 1.807) is 12.4 Å². The zero-order chi connectivity index (χ0) is 20.8. The van der Waals surface area contributed by atoms with Gasteiger partial charge in [-0.3, -0.25) is 9.69 Å². The minimum atomic E-state index is 0.163. The first kappa shape index (κ1) is 21.1. The Morgan fingerprint density at radius 1 is 1.07 bits per heavy atom. The Morgan fingerprint density at radius 3 is 2.57 bits per heavy atom. The van der Waals surface area contributed by atoms with E-state index in [-0.39, 0.29) is 5.91 Å². The van der Waals surface area contributed by atoms with Crippen LogP contribution in [0.25, 0.3) is 0 Å². The summed E-state index contributed by atoms with van der Waals surface area (Å²) in [5.74, 6) is 1.72. The van der Waals surface area contributed by atoms with Crippen molar-refractivity contribution < 1.29 is 9.53 Å². The van der Waals surface area contributed by atoms with Gasteiger partial charge in [-0.1, -0.05) is 49.2 Å². The molecule has 4 rings (SSSR count). The van der Waals surface area contributed by atoms with Crippen LogP contribution in [-0.2, 0) is 4.79 Å². The van der Waals surface area contributed by atoms with Crippen LogP contribution >= 0.6 is 11.8 Å². The van der Waals surface area contributed by atoms with E-state index in [1.165, 1.54) is 43.9 Å². The minimum Gasteiger partial charge on any atom is -0.436 e. The van der Waals surface area contributed by atoms with Gasteiger partial charge in [-0.05, 0) is 31.4 Å². The number of benzene rings is 1. The summed E-state index contributed by atoms with van der Waals surface area (Å²) in [6.45, 7) is 5.63. The monoisotopic (exact) mass is 426 g/mol. The van der Waals surface area contributed by atoms with Gasteiger partial charge in [0.15, 0.2) is 5.03 Å². The van der Waals surface area contributed by atoms with E-state index in [4.69, 9.17) is 4.74 Å². The van der Waals surface area contributed by atoms with E-state index in [9.17, 15) is 4.79 Å². The summed E-state index contributed by atoms with van der Waals surface area (Å²) in [5, 5.41) is 0.648. The molecule has 160 valence electrons. The Bertz CT molecular complexity index is 849. The van der Waals surface area contributed by atoms with Crippen molar-refractivity contribution in [1.82, 2.24) is 19.8 Å². The fraction of sp³-hybridized carbons (Fsp3) is 0.522. The molecule has 1 amide bonds. The second-order valence-corrected chi connectivity index (χ2v) is 9.00. The standard InChI is InChI=1S/C23H30N4O2S/c1-18-7-5-6-10-20(18)29-22-23(25-12-11-24-22)30-17-21(28)27-15-13-26(14-16-27)19-8-3-2-4-9-19/h5-7,10-12,19H,2-4,8-9,13-17H2,1H3. The van der Waals surface area contributed by atoms with Gasteiger partial charge >= 0.3 is 0 Å². The zero-order valence-electron chi connectivity index (χ0n) is 17.6. The highest BCUT2D eigenvalue weighted by Crippen LogP contribution is 2.30. The van der Waals surface area contributed by atoms with Crippen molar-refractivity contribution in [2.45, 2.75) is 50.1 Å². The van der Waals surface area contributed by atoms with E-state index in [1.807, 2.05) is 36.1 Å². The molecule has 1 saturated carbocycles. The summed E-state index contributed by atoms with van der Waals surface area (Å²) in [5.41, 5.74) is 1.03. The molecule has 1 aromatic carbocycles. The molecule has 1 aliphatic carbocycles. The molecule has 0 unspecified atom stereocenters. The van der Waals surface area contributed by atoms with Crippen molar-refractivity contribution in [3.63, 3.8) is 0 Å². The Morgan fingerprint density at radius 2 is 1.80 bits per heavy atom. The highest BCUT2D eigenvalue weighted by atomic mass is 32.2. The number of aromatic nitrogens is 2. The third kappa shape index (κ3) is 5.32. The van der Waals surface area contributed by atoms with Gasteiger partial charge in [0.25, 0.3) is 5.88 Å². The smallest absolute Gasteiger partial charge is 0.252 e. The lowest BCUT2D eigenvalue weighted by atomic mass is 9.94. The van der Waals surface area contributed by atoms with Gasteiger partial charge in [0, 0.05) is 44.6 Å². The topological polar surface area (TPSA) is 58.6 Å². The molecule has 0 bridgehead atoms. The zero-order valence-corrected chi connectivity index (χ0v) is 18.4. The number of para-hydroxylation sites is 1. The lowest BCUT2D eigenvalue weighted by Crippen LogP contribution is -2.52. The van der Waals surface area contributed by atoms with Crippen LogP contribution in [0.3, 0.4) is 0 Å². The van der Waals surface area contributed by atoms with E-state index < -0.39 is 0 Å². The fourth-order valence-electron chi connectivity index (χ4n) is 4.26. The highest BCUT2D eigenvalue weighted by molar-refractivity contribution is 8.00. The highest BCUT2D eigenvalue weighted by Gasteiger charge is 2.27. The summed E-state index contributed by atoms with van der Waals surface area (Å²) in [7, 11) is 0. The van der Waals surface area contributed by atoms with E-state index >= 15 is 0 Å². The van der Waals surface area contributed by atoms with Gasteiger partial charge in [0.1, 0.15) is 5.75 Å². The van der Waals surface area contributed by atoms with Crippen LogP contribution in [0.4, 0.5) is 0 Å². The maximum atomic E-state index is 12.8. The third-order valence-corrected chi connectivity index (χ3v) is 6.97. The second kappa shape index (κ2) is 10.3. The number of hydrogen-bond acceptors (Lipinski definition) is 6. The molecular formula is C23H30N4O2S. The molecule has 1 aliphatic heterocycles. The number of nitrogens with zero attached hydrogens (tertiary/aromatic N) is 4. The minimum absolute atomic E-state index is 0.163. The first-order valence-corrected chi connectivity index (χ1v) is 11.9. The largest absolute Gasteiger partial charge is 0.436 e. The molecule has 0 N–H and O–H groups in total. The Labute approximate surface area is 183 Å². The van der Waals surface area contributed by atoms with Crippen molar-refractivity contribution in [3.8, 4) is 11.6 Å². The number of piperazine rings is 1. The van der Waals surface area contributed by atoms with Gasteiger partial charge < -0.3 is 9.64 Å². The molecule has 1 saturated heterocycles. The van der Waals surface area contributed by atoms with Crippen molar-refractivity contribution in [1.29, 1.82) is 0 Å². The first-order valence-electron chi connectivity index (χ1n) is 10.9. The molecule has 7 heteroatoms. The predicted molar refractivity (Wildman–Crippen MR) is 119 cm³/mol. The van der Waals surface area contributed by atoms with E-state index in [0.29, 0.717) is 16.7 Å². The van der Waals surface area contributed by atoms with Crippen molar-refractivity contribution >= 4 is 17.7 Å². The van der Waals surface area contributed by atoms with E-state index in [2.05, 4.69) is 14.9 Å². The fourth-order valence-corrected chi connectivity index (χ4v) is 5.06. The molecule has 30 heavy (non-hydrogen) atoms. The van der Waals surface area contributed by atoms with Crippen LogP contribution in [-0.4, -0.2) is 63.6 Å². The number of ether oxygens (including phenoxy) is 1. The Hall–Kier alpha value is -2.12. The molecule has 0 radical (unpaired) electrons. The van der Waals surface area contributed by atoms with Crippen LogP contribution in [0.5, 0.6) is 11.6 Å². The van der Waals surface area contributed by atoms with Gasteiger partial charge in [0.05, 0.1) is 5.75 Å². The number of amides is 1. The normalized spacial score (nSPS) is 18.4. The van der Waals surface area contributed by atoms with Crippen LogP contribution in [0.15, 0.2) is 41.7 Å². The predicted octanol–water partition coefficient (Wildman–Crippen LogP) is 4.15. The SMILES string of the molecule is Cc1ccccc1Oc1nccnc1SCC(=O)N1CCN(C2CCCCC2)CC1. The summed E-state index contributed by atoms with van der Waals surface area (Å²) in [4.78, 5) is 26.1. The maximum absolute atomic E-state index is 12.8. The summed E-state index contributed by atoms with van der Waals surface area (Å²) in [6.07, 6.45) is 9.98. The first-order chi connectivity index (χ1) is 14.7. The molecule has 2 heterocycles. The Balaban J connectivity index is 1.30. The van der Waals surface area contributed by atoms with Crippen molar-refractivity contribution in [3.05, 3.63) is 42.2 Å². The lowest BCUT2D eigenvalue weighted by Gasteiger charge is -2.40. The van der Waals surface area contributed by atoms with Gasteiger partial charge in [0.2, 0.25) is 5.91 Å². The van der Waals surface area contributed by atoms with Crippen LogP contribution in [0, 0.1) is 6.92 Å². The van der Waals surface area contributed by atoms with Crippen molar-refractivity contribution in [2.24, 2.45) is 0 Å². The van der Waals surface area contributed by atoms with Crippen LogP contribution < -0.4 is 4.74 Å². The van der Waals surface area contributed by atoms with Crippen LogP contribution in [0.2, 0.25) is 0 Å². The number of rotatable bonds is 6. The molecule has 2 fully saturated rings. The van der Waals surface area contributed by atoms with Gasteiger partial charge in [-0.2, -0.15) is 0 Å². The quantitative estimate of drug-likeness (QED) is 0.647. The summed E-state index contributed by atoms with van der Waals surface area (Å²) >= 11 is 1.40. The average Bonchev–Trinajstić information content (AvgIpc) is 2.80. The molecule has 1 aromatic heterocycles. The number of carbonyl (C=O) groups is 1. The summed E-state index contributed by atoms with van der Waals surface area (Å²) < 4.78 is 5.97. The molecule has 0 spiro atoms. The summed E-state index contributed by atoms with van der Waals surface area (Å²) in [6, 6.07) is 8.54. The number of hydrogen-bond donors (Lipinski definition) is 0. The molecule has 6 nitrogen and oxygen atoms in total. The van der Waals surface area contributed by atoms with Gasteiger partial charge in [-0.15, -0.1) is 0 Å². The molecule has 0 atom stereocenters. The van der Waals surface area contributed by atoms with E-state index in [0.717, 1.165) is 43.5 Å². The molecule has 2 aromatic rings. The molecular weight excluding hydrogens is 396 g/mol. The van der Waals surface area contributed by atoms with Crippen LogP contribution in [0.1, 0.15) is 37.7 Å². The average molecular weight is 427 g/mol. The van der Waals surface area contributed by atoms with Crippen molar-refractivity contribution in [2.75, 3.05) is 31.9 Å². The number of aryl methyl sites for hydroxylation is 1. The maximum Gasteiger partial charge on any atom is 0.252 e. The van der Waals surface area contributed by atoms with Gasteiger partial charge in [-0.25, -0.2) is 9.97 Å². The second-order valence-electron chi connectivity index (χ2n) is 8.03. The number of carbonyl (C=O) groups excluding carboxylic acids is 1. The molecule has 2 aliphatic rings. The lowest BCUT2D eigenvalue weighted by molar-refractivity contribution is -0.130. The number of thioether (sulfide) groups is 1. The Kier molecular flexibility index (Phi) is 7.23.